The molecule has 0 aliphatic heterocycles. The molecule has 0 aromatic heterocycles. The Morgan fingerprint density at radius 2 is 1.46 bits per heavy atom. The van der Waals surface area contributed by atoms with Crippen LogP contribution in [-0.2, 0) is 9.84 Å². The molecule has 1 unspecified atom stereocenters. The SMILES string of the molecule is CCC(C)(CC(C)(C)C)S(C)(=O)=O. The van der Waals surface area contributed by atoms with Crippen molar-refractivity contribution < 1.29 is 8.42 Å². The van der Waals surface area contributed by atoms with Gasteiger partial charge in [-0.2, -0.15) is 0 Å². The van der Waals surface area contributed by atoms with Crippen molar-refractivity contribution >= 4 is 9.84 Å². The predicted octanol–water partition coefficient (Wildman–Crippen LogP) is 2.64. The standard InChI is InChI=1S/C10H22O2S/c1-7-10(5,13(6,11)12)8-9(2,3)4/h7-8H2,1-6H3. The molecule has 0 heterocycles. The smallest absolute Gasteiger partial charge is 0.152 e. The van der Waals surface area contributed by atoms with Crippen LogP contribution < -0.4 is 0 Å². The van der Waals surface area contributed by atoms with Crippen molar-refractivity contribution in [3.05, 3.63) is 0 Å². The Morgan fingerprint density at radius 1 is 1.08 bits per heavy atom. The lowest BCUT2D eigenvalue weighted by Gasteiger charge is -2.33. The van der Waals surface area contributed by atoms with Crippen LogP contribution in [0.4, 0.5) is 0 Å². The van der Waals surface area contributed by atoms with Gasteiger partial charge in [0.2, 0.25) is 0 Å². The molecule has 0 aromatic carbocycles. The highest BCUT2D eigenvalue weighted by Gasteiger charge is 2.37. The molecule has 3 heteroatoms. The molecule has 0 aromatic rings. The molecule has 0 saturated carbocycles. The summed E-state index contributed by atoms with van der Waals surface area (Å²) in [5.74, 6) is 0. The van der Waals surface area contributed by atoms with E-state index in [0.717, 1.165) is 6.42 Å². The molecule has 0 amide bonds. The van der Waals surface area contributed by atoms with Gasteiger partial charge in [-0.3, -0.25) is 0 Å². The van der Waals surface area contributed by atoms with Gasteiger partial charge in [0.15, 0.2) is 9.84 Å². The molecule has 0 spiro atoms. The lowest BCUT2D eigenvalue weighted by molar-refractivity contribution is 0.314. The highest BCUT2D eigenvalue weighted by atomic mass is 32.2. The van der Waals surface area contributed by atoms with Crippen molar-refractivity contribution in [2.45, 2.75) is 52.2 Å². The van der Waals surface area contributed by atoms with Gasteiger partial charge in [-0.05, 0) is 25.2 Å². The summed E-state index contributed by atoms with van der Waals surface area (Å²) in [6, 6.07) is 0. The van der Waals surface area contributed by atoms with Gasteiger partial charge >= 0.3 is 0 Å². The highest BCUT2D eigenvalue weighted by molar-refractivity contribution is 7.92. The van der Waals surface area contributed by atoms with E-state index < -0.39 is 14.6 Å². The minimum absolute atomic E-state index is 0.0633. The van der Waals surface area contributed by atoms with Crippen LogP contribution >= 0.6 is 0 Å². The van der Waals surface area contributed by atoms with E-state index >= 15 is 0 Å². The highest BCUT2D eigenvalue weighted by Crippen LogP contribution is 2.34. The van der Waals surface area contributed by atoms with E-state index in [1.165, 1.54) is 6.26 Å². The second kappa shape index (κ2) is 3.60. The summed E-state index contributed by atoms with van der Waals surface area (Å²) in [5, 5.41) is 0. The molecule has 0 aliphatic carbocycles. The van der Waals surface area contributed by atoms with Crippen LogP contribution in [-0.4, -0.2) is 19.4 Å². The zero-order valence-electron chi connectivity index (χ0n) is 9.64. The van der Waals surface area contributed by atoms with Crippen molar-refractivity contribution in [3.63, 3.8) is 0 Å². The molecule has 2 nitrogen and oxygen atoms in total. The average molecular weight is 206 g/mol. The predicted molar refractivity (Wildman–Crippen MR) is 57.6 cm³/mol. The minimum Gasteiger partial charge on any atom is -0.229 e. The monoisotopic (exact) mass is 206 g/mol. The molecule has 0 fully saturated rings. The first-order valence-electron chi connectivity index (χ1n) is 4.71. The quantitative estimate of drug-likeness (QED) is 0.711. The molecule has 0 aliphatic rings. The van der Waals surface area contributed by atoms with Crippen LogP contribution in [0.1, 0.15) is 47.5 Å². The van der Waals surface area contributed by atoms with E-state index in [1.54, 1.807) is 0 Å². The molecule has 1 atom stereocenters. The number of hydrogen-bond donors (Lipinski definition) is 0. The van der Waals surface area contributed by atoms with E-state index in [1.807, 2.05) is 13.8 Å². The average Bonchev–Trinajstić information content (AvgIpc) is 1.81. The van der Waals surface area contributed by atoms with Gasteiger partial charge in [-0.15, -0.1) is 0 Å². The Hall–Kier alpha value is -0.0500. The molecule has 80 valence electrons. The Kier molecular flexibility index (Phi) is 3.59. The van der Waals surface area contributed by atoms with Crippen LogP contribution in [0.25, 0.3) is 0 Å². The van der Waals surface area contributed by atoms with Crippen LogP contribution in [0, 0.1) is 5.41 Å². The third kappa shape index (κ3) is 3.67. The first-order chi connectivity index (χ1) is 5.52. The van der Waals surface area contributed by atoms with Crippen molar-refractivity contribution in [2.75, 3.05) is 6.26 Å². The van der Waals surface area contributed by atoms with Crippen LogP contribution in [0.2, 0.25) is 0 Å². The lowest BCUT2D eigenvalue weighted by atomic mass is 9.84. The molecule has 0 bridgehead atoms. The molecule has 0 saturated heterocycles. The molecular formula is C10H22O2S. The van der Waals surface area contributed by atoms with Crippen molar-refractivity contribution in [3.8, 4) is 0 Å². The number of sulfone groups is 1. The van der Waals surface area contributed by atoms with Gasteiger partial charge in [0, 0.05) is 6.26 Å². The summed E-state index contributed by atoms with van der Waals surface area (Å²) in [6.45, 7) is 10.0. The summed E-state index contributed by atoms with van der Waals surface area (Å²) in [4.78, 5) is 0. The second-order valence-electron chi connectivity index (χ2n) is 5.31. The van der Waals surface area contributed by atoms with Crippen molar-refractivity contribution in [1.29, 1.82) is 0 Å². The van der Waals surface area contributed by atoms with E-state index in [-0.39, 0.29) is 5.41 Å². The molecule has 0 N–H and O–H groups in total. The Balaban J connectivity index is 4.89. The fourth-order valence-electron chi connectivity index (χ4n) is 1.64. The lowest BCUT2D eigenvalue weighted by Crippen LogP contribution is -2.37. The maximum Gasteiger partial charge on any atom is 0.152 e. The van der Waals surface area contributed by atoms with Gasteiger partial charge in [-0.1, -0.05) is 27.7 Å². The summed E-state index contributed by atoms with van der Waals surface area (Å²) >= 11 is 0. The first kappa shape index (κ1) is 12.9. The van der Waals surface area contributed by atoms with Crippen LogP contribution in [0.3, 0.4) is 0 Å². The Bertz CT molecular complexity index is 259. The summed E-state index contributed by atoms with van der Waals surface area (Å²) in [7, 11) is -2.95. The van der Waals surface area contributed by atoms with E-state index in [2.05, 4.69) is 20.8 Å². The topological polar surface area (TPSA) is 34.1 Å². The molecule has 13 heavy (non-hydrogen) atoms. The van der Waals surface area contributed by atoms with Gasteiger partial charge in [0.25, 0.3) is 0 Å². The molecular weight excluding hydrogens is 184 g/mol. The normalized spacial score (nSPS) is 18.3. The van der Waals surface area contributed by atoms with Crippen LogP contribution in [0.5, 0.6) is 0 Å². The fraction of sp³-hybridized carbons (Fsp3) is 1.00. The van der Waals surface area contributed by atoms with Gasteiger partial charge in [-0.25, -0.2) is 8.42 Å². The van der Waals surface area contributed by atoms with Gasteiger partial charge < -0.3 is 0 Å². The number of hydrogen-bond acceptors (Lipinski definition) is 2. The van der Waals surface area contributed by atoms with Gasteiger partial charge in [0.05, 0.1) is 4.75 Å². The fourth-order valence-corrected chi connectivity index (χ4v) is 2.86. The van der Waals surface area contributed by atoms with E-state index in [9.17, 15) is 8.42 Å². The maximum absolute atomic E-state index is 11.6. The summed E-state index contributed by atoms with van der Waals surface area (Å²) in [6.07, 6.45) is 2.74. The molecule has 0 rings (SSSR count). The maximum atomic E-state index is 11.6. The van der Waals surface area contributed by atoms with Crippen molar-refractivity contribution in [1.82, 2.24) is 0 Å². The zero-order valence-corrected chi connectivity index (χ0v) is 10.5. The summed E-state index contributed by atoms with van der Waals surface area (Å²) in [5.41, 5.74) is 0.0633. The van der Waals surface area contributed by atoms with E-state index in [4.69, 9.17) is 0 Å². The Labute approximate surface area is 82.6 Å². The van der Waals surface area contributed by atoms with Crippen molar-refractivity contribution in [2.24, 2.45) is 5.41 Å². The third-order valence-electron chi connectivity index (χ3n) is 2.55. The first-order valence-corrected chi connectivity index (χ1v) is 6.60. The Morgan fingerprint density at radius 3 is 1.54 bits per heavy atom. The number of rotatable bonds is 3. The van der Waals surface area contributed by atoms with Gasteiger partial charge in [0.1, 0.15) is 0 Å². The third-order valence-corrected chi connectivity index (χ3v) is 4.77. The van der Waals surface area contributed by atoms with Crippen LogP contribution in [0.15, 0.2) is 0 Å². The summed E-state index contributed by atoms with van der Waals surface area (Å²) < 4.78 is 22.6. The molecule has 0 radical (unpaired) electrons. The zero-order chi connectivity index (χ0) is 10.9. The van der Waals surface area contributed by atoms with E-state index in [0.29, 0.717) is 6.42 Å². The second-order valence-corrected chi connectivity index (χ2v) is 7.84. The minimum atomic E-state index is -2.95. The largest absolute Gasteiger partial charge is 0.229 e.